The molecule has 1 amide bonds. The summed E-state index contributed by atoms with van der Waals surface area (Å²) in [6, 6.07) is 11.7. The fourth-order valence-corrected chi connectivity index (χ4v) is 2.63. The van der Waals surface area contributed by atoms with E-state index in [4.69, 9.17) is 0 Å². The van der Waals surface area contributed by atoms with E-state index in [9.17, 15) is 35.1 Å². The minimum absolute atomic E-state index is 0.0653. The van der Waals surface area contributed by atoms with Crippen LogP contribution < -0.4 is 5.43 Å². The highest BCUT2D eigenvalue weighted by molar-refractivity contribution is 5.96. The molecule has 13 nitrogen and oxygen atoms in total. The molecule has 31 heavy (non-hydrogen) atoms. The predicted octanol–water partition coefficient (Wildman–Crippen LogP) is 2.97. The van der Waals surface area contributed by atoms with E-state index in [0.29, 0.717) is 11.4 Å². The Morgan fingerprint density at radius 3 is 2.00 bits per heavy atom. The van der Waals surface area contributed by atoms with Crippen molar-refractivity contribution in [3.05, 3.63) is 102 Å². The minimum atomic E-state index is -0.878. The van der Waals surface area contributed by atoms with Gasteiger partial charge < -0.3 is 4.57 Å². The fourth-order valence-electron chi connectivity index (χ4n) is 2.63. The molecule has 0 saturated heterocycles. The van der Waals surface area contributed by atoms with E-state index in [1.807, 2.05) is 0 Å². The predicted molar refractivity (Wildman–Crippen MR) is 107 cm³/mol. The van der Waals surface area contributed by atoms with Crippen LogP contribution in [0.4, 0.5) is 17.1 Å². The fraction of sp³-hybridized carbons (Fsp3) is 0. The number of hydrazone groups is 1. The molecule has 0 spiro atoms. The Bertz CT molecular complexity index is 1180. The molecule has 0 aliphatic heterocycles. The molecule has 0 aliphatic rings. The molecule has 156 valence electrons. The molecule has 0 atom stereocenters. The van der Waals surface area contributed by atoms with Gasteiger partial charge >= 0.3 is 0 Å². The van der Waals surface area contributed by atoms with Crippen molar-refractivity contribution in [1.82, 2.24) is 9.99 Å². The molecule has 2 aromatic carbocycles. The van der Waals surface area contributed by atoms with E-state index in [1.165, 1.54) is 30.5 Å². The molecule has 0 bridgehead atoms. The Morgan fingerprint density at radius 2 is 1.45 bits per heavy atom. The van der Waals surface area contributed by atoms with Gasteiger partial charge in [0.2, 0.25) is 0 Å². The summed E-state index contributed by atoms with van der Waals surface area (Å²) in [6.07, 6.45) is 2.96. The standard InChI is InChI=1S/C18H12N6O7/c25-18(12-8-16(23(28)29)10-17(9-12)24(30)31)20-19-11-15-2-1-7-21(15)13-3-5-14(6-4-13)22(26)27/h1-11H,(H,20,25). The lowest BCUT2D eigenvalue weighted by molar-refractivity contribution is -0.394. The third-order valence-corrected chi connectivity index (χ3v) is 4.07. The van der Waals surface area contributed by atoms with Crippen molar-refractivity contribution in [1.29, 1.82) is 0 Å². The van der Waals surface area contributed by atoms with Crippen molar-refractivity contribution >= 4 is 29.2 Å². The van der Waals surface area contributed by atoms with Crippen molar-refractivity contribution in [3.8, 4) is 5.69 Å². The number of aromatic nitrogens is 1. The van der Waals surface area contributed by atoms with Crippen LogP contribution in [0.2, 0.25) is 0 Å². The second-order valence-electron chi connectivity index (χ2n) is 6.03. The summed E-state index contributed by atoms with van der Waals surface area (Å²) in [5.41, 5.74) is 1.71. The summed E-state index contributed by atoms with van der Waals surface area (Å²) in [6.45, 7) is 0. The first kappa shape index (κ1) is 20.8. The van der Waals surface area contributed by atoms with E-state index >= 15 is 0 Å². The highest BCUT2D eigenvalue weighted by Gasteiger charge is 2.19. The van der Waals surface area contributed by atoms with Crippen molar-refractivity contribution in [3.63, 3.8) is 0 Å². The van der Waals surface area contributed by atoms with Crippen LogP contribution in [0, 0.1) is 30.3 Å². The molecule has 0 fully saturated rings. The monoisotopic (exact) mass is 424 g/mol. The summed E-state index contributed by atoms with van der Waals surface area (Å²) in [5, 5.41) is 36.4. The first-order valence-electron chi connectivity index (χ1n) is 8.46. The smallest absolute Gasteiger partial charge is 0.277 e. The van der Waals surface area contributed by atoms with Crippen LogP contribution in [0.15, 0.2) is 65.9 Å². The zero-order valence-corrected chi connectivity index (χ0v) is 15.4. The average Bonchev–Trinajstić information content (AvgIpc) is 3.21. The number of amides is 1. The first-order valence-corrected chi connectivity index (χ1v) is 8.46. The summed E-state index contributed by atoms with van der Waals surface area (Å²) >= 11 is 0. The summed E-state index contributed by atoms with van der Waals surface area (Å²) < 4.78 is 1.65. The Hall–Kier alpha value is -4.94. The van der Waals surface area contributed by atoms with E-state index in [1.54, 1.807) is 22.9 Å². The number of nitro groups is 3. The Morgan fingerprint density at radius 1 is 0.871 bits per heavy atom. The van der Waals surface area contributed by atoms with Gasteiger partial charge in [0.25, 0.3) is 23.0 Å². The molecular formula is C18H12N6O7. The summed E-state index contributed by atoms with van der Waals surface area (Å²) in [7, 11) is 0. The van der Waals surface area contributed by atoms with Crippen LogP contribution in [-0.4, -0.2) is 31.5 Å². The molecule has 13 heteroatoms. The highest BCUT2D eigenvalue weighted by atomic mass is 16.6. The normalized spacial score (nSPS) is 10.7. The molecular weight excluding hydrogens is 412 g/mol. The molecule has 1 N–H and O–H groups in total. The Labute approximate surface area is 172 Å². The SMILES string of the molecule is O=C(NN=Cc1cccn1-c1ccc([N+](=O)[O-])cc1)c1cc([N+](=O)[O-])cc([N+](=O)[O-])c1. The zero-order valence-electron chi connectivity index (χ0n) is 15.4. The van der Waals surface area contributed by atoms with Crippen molar-refractivity contribution < 1.29 is 19.6 Å². The van der Waals surface area contributed by atoms with E-state index < -0.39 is 32.1 Å². The molecule has 0 unspecified atom stereocenters. The second-order valence-corrected chi connectivity index (χ2v) is 6.03. The van der Waals surface area contributed by atoms with Crippen LogP contribution in [-0.2, 0) is 0 Å². The van der Waals surface area contributed by atoms with Gasteiger partial charge in [0.1, 0.15) is 0 Å². The van der Waals surface area contributed by atoms with Gasteiger partial charge in [0, 0.05) is 36.1 Å². The minimum Gasteiger partial charge on any atom is -0.316 e. The van der Waals surface area contributed by atoms with Crippen LogP contribution in [0.5, 0.6) is 0 Å². The maximum absolute atomic E-state index is 12.2. The molecule has 1 heterocycles. The van der Waals surface area contributed by atoms with E-state index in [-0.39, 0.29) is 11.3 Å². The largest absolute Gasteiger partial charge is 0.316 e. The number of hydrogen-bond acceptors (Lipinski definition) is 8. The molecule has 3 aromatic rings. The van der Waals surface area contributed by atoms with Crippen LogP contribution >= 0.6 is 0 Å². The van der Waals surface area contributed by atoms with Crippen molar-refractivity contribution in [2.75, 3.05) is 0 Å². The van der Waals surface area contributed by atoms with Crippen LogP contribution in [0.25, 0.3) is 5.69 Å². The number of carbonyl (C=O) groups is 1. The third-order valence-electron chi connectivity index (χ3n) is 4.07. The number of rotatable bonds is 7. The maximum Gasteiger partial charge on any atom is 0.277 e. The number of nitrogens with zero attached hydrogens (tertiary/aromatic N) is 5. The maximum atomic E-state index is 12.2. The van der Waals surface area contributed by atoms with Gasteiger partial charge in [0.05, 0.1) is 38.3 Å². The van der Waals surface area contributed by atoms with Crippen LogP contribution in [0.3, 0.4) is 0 Å². The topological polar surface area (TPSA) is 176 Å². The zero-order chi connectivity index (χ0) is 22.5. The summed E-state index contributed by atoms with van der Waals surface area (Å²) in [4.78, 5) is 42.7. The van der Waals surface area contributed by atoms with Gasteiger partial charge in [-0.3, -0.25) is 35.1 Å². The van der Waals surface area contributed by atoms with Gasteiger partial charge in [-0.2, -0.15) is 5.10 Å². The van der Waals surface area contributed by atoms with Gasteiger partial charge in [-0.15, -0.1) is 0 Å². The number of non-ortho nitro benzene ring substituents is 3. The van der Waals surface area contributed by atoms with Crippen molar-refractivity contribution in [2.45, 2.75) is 0 Å². The average molecular weight is 424 g/mol. The Kier molecular flexibility index (Phi) is 5.77. The highest BCUT2D eigenvalue weighted by Crippen LogP contribution is 2.22. The number of carbonyl (C=O) groups excluding carboxylic acids is 1. The molecule has 3 rings (SSSR count). The van der Waals surface area contributed by atoms with Gasteiger partial charge in [0.15, 0.2) is 0 Å². The van der Waals surface area contributed by atoms with E-state index in [2.05, 4.69) is 10.5 Å². The lowest BCUT2D eigenvalue weighted by Crippen LogP contribution is -2.18. The molecule has 0 radical (unpaired) electrons. The van der Waals surface area contributed by atoms with Crippen molar-refractivity contribution in [2.24, 2.45) is 5.10 Å². The molecule has 0 saturated carbocycles. The van der Waals surface area contributed by atoms with Gasteiger partial charge in [-0.25, -0.2) is 5.43 Å². The lowest BCUT2D eigenvalue weighted by atomic mass is 10.1. The van der Waals surface area contributed by atoms with Gasteiger partial charge in [-0.05, 0) is 24.3 Å². The summed E-state index contributed by atoms with van der Waals surface area (Å²) in [5.74, 6) is -0.878. The first-order chi connectivity index (χ1) is 14.8. The lowest BCUT2D eigenvalue weighted by Gasteiger charge is -2.06. The number of benzene rings is 2. The number of nitro benzene ring substituents is 3. The number of hydrogen-bond donors (Lipinski definition) is 1. The van der Waals surface area contributed by atoms with Crippen LogP contribution in [0.1, 0.15) is 16.1 Å². The molecule has 0 aliphatic carbocycles. The van der Waals surface area contributed by atoms with Gasteiger partial charge in [-0.1, -0.05) is 0 Å². The Balaban J connectivity index is 1.78. The third kappa shape index (κ3) is 4.73. The second kappa shape index (κ2) is 8.60. The number of nitrogens with one attached hydrogen (secondary N) is 1. The van der Waals surface area contributed by atoms with E-state index in [0.717, 1.165) is 18.2 Å². The molecule has 1 aromatic heterocycles. The quantitative estimate of drug-likeness (QED) is 0.344.